The Morgan fingerprint density at radius 3 is 1.63 bits per heavy atom. The van der Waals surface area contributed by atoms with E-state index in [0.29, 0.717) is 22.0 Å². The zero-order chi connectivity index (χ0) is 30.2. The number of nitrogens with zero attached hydrogens (tertiary/aromatic N) is 2. The molecule has 4 rings (SSSR count). The zero-order valence-electron chi connectivity index (χ0n) is 22.5. The van der Waals surface area contributed by atoms with Crippen molar-refractivity contribution in [2.75, 3.05) is 14.2 Å². The molecule has 0 radical (unpaired) electrons. The molecular formula is C28H31Cl5N4O4. The molecule has 2 aromatic carbocycles. The Labute approximate surface area is 264 Å². The Balaban J connectivity index is 0.000000346. The topological polar surface area (TPSA) is 110 Å². The number of methoxy groups -OCH3 is 2. The standard InChI is InChI=1S/C13H13ClN2O2.C13H14N2O2.CCl4.CH4/c1-7-4-5-9(13(17)18-3)6-10(7)11-12(14)16-8(2)15-11;1-8-4-5-10(13(16)17-3)6-11(8)12-7-14-9(2)15-12;2-1(3,4)5;/h4-6H,1-3H3,(H,15,16);4-7H,1-3H3,(H,14,15);;1H4. The maximum Gasteiger partial charge on any atom is 0.337 e. The number of hydrogen-bond acceptors (Lipinski definition) is 6. The molecule has 0 bridgehead atoms. The Bertz CT molecular complexity index is 1470. The Morgan fingerprint density at radius 1 is 0.780 bits per heavy atom. The molecule has 0 spiro atoms. The van der Waals surface area contributed by atoms with Gasteiger partial charge < -0.3 is 19.4 Å². The van der Waals surface area contributed by atoms with Gasteiger partial charge in [-0.3, -0.25) is 0 Å². The summed E-state index contributed by atoms with van der Waals surface area (Å²) in [6.07, 6.45) is 1.76. The third-order valence-corrected chi connectivity index (χ3v) is 5.62. The van der Waals surface area contributed by atoms with Crippen LogP contribution in [-0.4, -0.2) is 49.3 Å². The lowest BCUT2D eigenvalue weighted by Gasteiger charge is -2.06. The third-order valence-electron chi connectivity index (χ3n) is 5.34. The van der Waals surface area contributed by atoms with Gasteiger partial charge in [-0.15, -0.1) is 0 Å². The highest BCUT2D eigenvalue weighted by Gasteiger charge is 2.15. The average Bonchev–Trinajstić information content (AvgIpc) is 3.46. The molecule has 0 unspecified atom stereocenters. The molecule has 0 fully saturated rings. The first-order chi connectivity index (χ1) is 18.6. The molecule has 0 atom stereocenters. The molecule has 13 heteroatoms. The SMILES string of the molecule is C.COC(=O)c1ccc(C)c(-c2cnc(C)[nH]2)c1.COC(=O)c1ccc(C)c(-c2nc(C)[nH]c2Cl)c1.ClC(Cl)(Cl)Cl. The molecule has 2 aromatic heterocycles. The van der Waals surface area contributed by atoms with Crippen LogP contribution in [-0.2, 0) is 9.47 Å². The lowest BCUT2D eigenvalue weighted by molar-refractivity contribution is 0.0592. The molecule has 0 aliphatic heterocycles. The Hall–Kier alpha value is -2.75. The van der Waals surface area contributed by atoms with E-state index in [0.717, 1.165) is 39.6 Å². The van der Waals surface area contributed by atoms with Crippen molar-refractivity contribution in [3.05, 3.63) is 81.7 Å². The summed E-state index contributed by atoms with van der Waals surface area (Å²) in [6.45, 7) is 7.65. The highest BCUT2D eigenvalue weighted by atomic mass is 35.6. The van der Waals surface area contributed by atoms with E-state index in [1.165, 1.54) is 14.2 Å². The fourth-order valence-corrected chi connectivity index (χ4v) is 3.76. The summed E-state index contributed by atoms with van der Waals surface area (Å²) in [4.78, 5) is 37.6. The van der Waals surface area contributed by atoms with E-state index in [4.69, 9.17) is 67.5 Å². The molecule has 41 heavy (non-hydrogen) atoms. The van der Waals surface area contributed by atoms with E-state index < -0.39 is 3.25 Å². The summed E-state index contributed by atoms with van der Waals surface area (Å²) in [5.41, 5.74) is 6.46. The first kappa shape index (κ1) is 36.3. The van der Waals surface area contributed by atoms with Gasteiger partial charge in [0, 0.05) is 11.1 Å². The lowest BCUT2D eigenvalue weighted by atomic mass is 10.0. The van der Waals surface area contributed by atoms with Gasteiger partial charge in [0.15, 0.2) is 0 Å². The Kier molecular flexibility index (Phi) is 14.2. The van der Waals surface area contributed by atoms with Crippen LogP contribution in [0.25, 0.3) is 22.5 Å². The van der Waals surface area contributed by atoms with Crippen LogP contribution in [0, 0.1) is 27.7 Å². The van der Waals surface area contributed by atoms with Crippen LogP contribution in [0.2, 0.25) is 5.15 Å². The first-order valence-electron chi connectivity index (χ1n) is 11.5. The normalized spacial score (nSPS) is 10.3. The molecule has 0 saturated heterocycles. The van der Waals surface area contributed by atoms with E-state index in [1.54, 1.807) is 24.4 Å². The van der Waals surface area contributed by atoms with Crippen LogP contribution >= 0.6 is 58.0 Å². The van der Waals surface area contributed by atoms with E-state index in [-0.39, 0.29) is 19.4 Å². The van der Waals surface area contributed by atoms with Crippen molar-refractivity contribution in [1.82, 2.24) is 19.9 Å². The molecule has 0 aliphatic rings. The Morgan fingerprint density at radius 2 is 1.24 bits per heavy atom. The van der Waals surface area contributed by atoms with Crippen LogP contribution < -0.4 is 0 Å². The number of rotatable bonds is 4. The van der Waals surface area contributed by atoms with Crippen molar-refractivity contribution in [1.29, 1.82) is 0 Å². The highest BCUT2D eigenvalue weighted by Crippen LogP contribution is 2.30. The van der Waals surface area contributed by atoms with Crippen LogP contribution in [0.3, 0.4) is 0 Å². The minimum atomic E-state index is -1.61. The fraction of sp³-hybridized carbons (Fsp3) is 0.286. The second-order valence-corrected chi connectivity index (χ2v) is 12.1. The van der Waals surface area contributed by atoms with Crippen molar-refractivity contribution >= 4 is 69.9 Å². The summed E-state index contributed by atoms with van der Waals surface area (Å²) in [7, 11) is 2.73. The van der Waals surface area contributed by atoms with Gasteiger partial charge in [-0.25, -0.2) is 19.6 Å². The summed E-state index contributed by atoms with van der Waals surface area (Å²) in [5.74, 6) is 0.878. The zero-order valence-corrected chi connectivity index (χ0v) is 26.2. The second-order valence-electron chi connectivity index (χ2n) is 8.34. The van der Waals surface area contributed by atoms with Crippen LogP contribution in [0.15, 0.2) is 42.6 Å². The van der Waals surface area contributed by atoms with E-state index >= 15 is 0 Å². The quantitative estimate of drug-likeness (QED) is 0.167. The van der Waals surface area contributed by atoms with Crippen LogP contribution in [0.1, 0.15) is 50.9 Å². The van der Waals surface area contributed by atoms with Crippen molar-refractivity contribution in [3.8, 4) is 22.5 Å². The summed E-state index contributed by atoms with van der Waals surface area (Å²) >= 11 is 25.4. The van der Waals surface area contributed by atoms with Crippen molar-refractivity contribution in [2.24, 2.45) is 0 Å². The summed E-state index contributed by atoms with van der Waals surface area (Å²) in [5, 5.41) is 0.470. The lowest BCUT2D eigenvalue weighted by Crippen LogP contribution is -2.01. The molecule has 0 aliphatic carbocycles. The van der Waals surface area contributed by atoms with Gasteiger partial charge in [0.2, 0.25) is 0 Å². The number of nitrogens with one attached hydrogen (secondary N) is 2. The van der Waals surface area contributed by atoms with Gasteiger partial charge in [-0.05, 0) is 63.1 Å². The maximum absolute atomic E-state index is 11.5. The number of aryl methyl sites for hydroxylation is 4. The van der Waals surface area contributed by atoms with Crippen molar-refractivity contribution in [3.63, 3.8) is 0 Å². The smallest absolute Gasteiger partial charge is 0.337 e. The average molecular weight is 665 g/mol. The van der Waals surface area contributed by atoms with E-state index in [1.807, 2.05) is 45.9 Å². The molecule has 2 N–H and O–H groups in total. The van der Waals surface area contributed by atoms with Crippen molar-refractivity contribution in [2.45, 2.75) is 38.4 Å². The van der Waals surface area contributed by atoms with E-state index in [9.17, 15) is 9.59 Å². The number of alkyl halides is 4. The summed E-state index contributed by atoms with van der Waals surface area (Å²) < 4.78 is 7.80. The van der Waals surface area contributed by atoms with Gasteiger partial charge in [0.25, 0.3) is 3.25 Å². The number of halogens is 5. The molecule has 0 saturated carbocycles. The van der Waals surface area contributed by atoms with Gasteiger partial charge in [0.05, 0.1) is 37.2 Å². The summed E-state index contributed by atoms with van der Waals surface area (Å²) in [6, 6.07) is 10.8. The highest BCUT2D eigenvalue weighted by molar-refractivity contribution is 6.83. The fourth-order valence-electron chi connectivity index (χ4n) is 3.48. The minimum Gasteiger partial charge on any atom is -0.465 e. The number of H-pyrrole nitrogens is 2. The molecule has 0 amide bonds. The third kappa shape index (κ3) is 11.2. The first-order valence-corrected chi connectivity index (χ1v) is 13.4. The van der Waals surface area contributed by atoms with E-state index in [2.05, 4.69) is 19.9 Å². The number of aromatic nitrogens is 4. The predicted molar refractivity (Wildman–Crippen MR) is 168 cm³/mol. The van der Waals surface area contributed by atoms with Crippen molar-refractivity contribution < 1.29 is 19.1 Å². The number of ether oxygens (including phenoxy) is 2. The molecular weight excluding hydrogens is 634 g/mol. The largest absolute Gasteiger partial charge is 0.465 e. The molecule has 8 nitrogen and oxygen atoms in total. The number of hydrogen-bond donors (Lipinski definition) is 2. The number of aromatic amines is 2. The minimum absolute atomic E-state index is 0. The van der Waals surface area contributed by atoms with Crippen LogP contribution in [0.5, 0.6) is 0 Å². The van der Waals surface area contributed by atoms with Gasteiger partial charge in [-0.1, -0.05) is 77.6 Å². The monoisotopic (exact) mass is 662 g/mol. The maximum atomic E-state index is 11.5. The number of imidazole rings is 2. The number of benzene rings is 2. The number of carbonyl (C=O) groups is 2. The van der Waals surface area contributed by atoms with Gasteiger partial charge in [-0.2, -0.15) is 0 Å². The molecule has 2 heterocycles. The molecule has 4 aromatic rings. The second kappa shape index (κ2) is 16.0. The van der Waals surface area contributed by atoms with Crippen LogP contribution in [0.4, 0.5) is 0 Å². The predicted octanol–water partition coefficient (Wildman–Crippen LogP) is 8.80. The van der Waals surface area contributed by atoms with Gasteiger partial charge >= 0.3 is 11.9 Å². The number of carbonyl (C=O) groups excluding carboxylic acids is 2. The molecule has 222 valence electrons. The van der Waals surface area contributed by atoms with Gasteiger partial charge in [0.1, 0.15) is 22.5 Å². The number of esters is 2.